The van der Waals surface area contributed by atoms with Crippen molar-refractivity contribution < 1.29 is 0 Å². The van der Waals surface area contributed by atoms with Gasteiger partial charge in [-0.15, -0.1) is 0 Å². The van der Waals surface area contributed by atoms with Crippen LogP contribution in [0.2, 0.25) is 0 Å². The van der Waals surface area contributed by atoms with Crippen molar-refractivity contribution in [2.24, 2.45) is 0 Å². The summed E-state index contributed by atoms with van der Waals surface area (Å²) in [4.78, 5) is 0. The number of fused-ring (bicyclic) bond motifs is 1. The molecule has 0 saturated heterocycles. The Morgan fingerprint density at radius 2 is 2.23 bits per heavy atom. The maximum atomic E-state index is 6.04. The molecule has 0 N–H and O–H groups in total. The van der Waals surface area contributed by atoms with Gasteiger partial charge in [0.1, 0.15) is 4.61 Å². The second kappa shape index (κ2) is 3.70. The third-order valence-corrected chi connectivity index (χ3v) is 5.69. The van der Waals surface area contributed by atoms with Crippen LogP contribution in [-0.2, 0) is 0 Å². The average molecular weight is 365 g/mol. The predicted octanol–water partition coefficient (Wildman–Crippen LogP) is 2.14. The van der Waals surface area contributed by atoms with E-state index in [0.29, 0.717) is 0 Å². The van der Waals surface area contributed by atoms with Crippen LogP contribution in [0.5, 0.6) is 0 Å². The summed E-state index contributed by atoms with van der Waals surface area (Å²) < 4.78 is 8.11. The summed E-state index contributed by atoms with van der Waals surface area (Å²) in [6, 6.07) is 0. The van der Waals surface area contributed by atoms with Gasteiger partial charge in [0, 0.05) is 17.0 Å². The van der Waals surface area contributed by atoms with Gasteiger partial charge in [-0.2, -0.15) is 4.37 Å². The van der Waals surface area contributed by atoms with E-state index in [1.807, 2.05) is 0 Å². The van der Waals surface area contributed by atoms with Gasteiger partial charge in [-0.05, 0) is 27.5 Å². The SMILES string of the molecule is ClC1C(Br)=c2sncc2=C(Br)N1Cl. The molecule has 0 saturated carbocycles. The lowest BCUT2D eigenvalue weighted by atomic mass is 10.4. The number of hydrogen-bond acceptors (Lipinski definition) is 3. The van der Waals surface area contributed by atoms with Gasteiger partial charge in [0.15, 0.2) is 5.50 Å². The molecule has 13 heavy (non-hydrogen) atoms. The third kappa shape index (κ3) is 1.55. The molecular formula is C6H2Br2Cl2N2S. The quantitative estimate of drug-likeness (QED) is 0.398. The summed E-state index contributed by atoms with van der Waals surface area (Å²) in [6.45, 7) is 0. The van der Waals surface area contributed by atoms with Crippen molar-refractivity contribution in [3.05, 3.63) is 15.9 Å². The summed E-state index contributed by atoms with van der Waals surface area (Å²) in [5.41, 5.74) is -0.385. The summed E-state index contributed by atoms with van der Waals surface area (Å²) in [7, 11) is 0. The van der Waals surface area contributed by atoms with E-state index < -0.39 is 0 Å². The highest BCUT2D eigenvalue weighted by atomic mass is 79.9. The van der Waals surface area contributed by atoms with Gasteiger partial charge >= 0.3 is 0 Å². The van der Waals surface area contributed by atoms with Gasteiger partial charge in [-0.3, -0.25) is 4.42 Å². The molecule has 7 heteroatoms. The zero-order valence-corrected chi connectivity index (χ0v) is 11.5. The molecule has 1 aliphatic heterocycles. The van der Waals surface area contributed by atoms with E-state index in [0.717, 1.165) is 18.8 Å². The molecule has 0 radical (unpaired) electrons. The minimum absolute atomic E-state index is 0.385. The maximum Gasteiger partial charge on any atom is 0.153 e. The second-order valence-corrected chi connectivity index (χ2v) is 5.54. The maximum absolute atomic E-state index is 6.04. The summed E-state index contributed by atoms with van der Waals surface area (Å²) >= 11 is 20.1. The van der Waals surface area contributed by atoms with Crippen molar-refractivity contribution in [2.45, 2.75) is 5.50 Å². The number of hydrogen-bond donors (Lipinski definition) is 0. The minimum atomic E-state index is -0.385. The Morgan fingerprint density at radius 1 is 1.54 bits per heavy atom. The lowest BCUT2D eigenvalue weighted by Crippen LogP contribution is -2.36. The predicted molar refractivity (Wildman–Crippen MR) is 63.4 cm³/mol. The van der Waals surface area contributed by atoms with Crippen LogP contribution in [0.1, 0.15) is 0 Å². The molecule has 1 aliphatic rings. The van der Waals surface area contributed by atoms with Gasteiger partial charge in [-0.1, -0.05) is 27.5 Å². The molecule has 2 heterocycles. The lowest BCUT2D eigenvalue weighted by Gasteiger charge is -2.23. The number of halogens is 4. The second-order valence-electron chi connectivity index (χ2n) is 2.35. The van der Waals surface area contributed by atoms with E-state index in [4.69, 9.17) is 23.4 Å². The molecule has 1 unspecified atom stereocenters. The van der Waals surface area contributed by atoms with E-state index in [1.165, 1.54) is 16.0 Å². The van der Waals surface area contributed by atoms with Crippen LogP contribution >= 0.6 is 66.8 Å². The van der Waals surface area contributed by atoms with Crippen molar-refractivity contribution in [3.63, 3.8) is 0 Å². The van der Waals surface area contributed by atoms with E-state index in [9.17, 15) is 0 Å². The van der Waals surface area contributed by atoms with Gasteiger partial charge in [0.05, 0.1) is 15.2 Å². The van der Waals surface area contributed by atoms with Crippen LogP contribution in [0, 0.1) is 0 Å². The first-order valence-electron chi connectivity index (χ1n) is 3.22. The van der Waals surface area contributed by atoms with E-state index >= 15 is 0 Å². The molecule has 1 aromatic rings. The lowest BCUT2D eigenvalue weighted by molar-refractivity contribution is 0.681. The molecule has 1 aromatic heterocycles. The van der Waals surface area contributed by atoms with Gasteiger partial charge in [0.25, 0.3) is 0 Å². The molecule has 1 atom stereocenters. The van der Waals surface area contributed by atoms with Crippen LogP contribution < -0.4 is 9.75 Å². The van der Waals surface area contributed by atoms with Crippen LogP contribution in [-0.4, -0.2) is 14.3 Å². The zero-order chi connectivity index (χ0) is 9.59. The highest BCUT2D eigenvalue weighted by Gasteiger charge is 2.24. The summed E-state index contributed by atoms with van der Waals surface area (Å²) in [6.07, 6.45) is 1.75. The van der Waals surface area contributed by atoms with Crippen LogP contribution in [0.4, 0.5) is 0 Å². The average Bonchev–Trinajstić information content (AvgIpc) is 2.59. The molecule has 0 aliphatic carbocycles. The van der Waals surface area contributed by atoms with Gasteiger partial charge in [0.2, 0.25) is 0 Å². The van der Waals surface area contributed by atoms with Gasteiger partial charge < -0.3 is 0 Å². The van der Waals surface area contributed by atoms with Gasteiger partial charge in [-0.25, -0.2) is 0 Å². The van der Waals surface area contributed by atoms with Crippen molar-refractivity contribution in [1.29, 1.82) is 0 Å². The summed E-state index contributed by atoms with van der Waals surface area (Å²) in [5.74, 6) is 0. The molecule has 2 nitrogen and oxygen atoms in total. The minimum Gasteiger partial charge on any atom is -0.255 e. The first-order valence-corrected chi connectivity index (χ1v) is 6.35. The van der Waals surface area contributed by atoms with Crippen LogP contribution in [0.3, 0.4) is 0 Å². The number of aromatic nitrogens is 1. The smallest absolute Gasteiger partial charge is 0.153 e. The van der Waals surface area contributed by atoms with Crippen molar-refractivity contribution >= 4 is 75.9 Å². The Balaban J connectivity index is 2.88. The van der Waals surface area contributed by atoms with Crippen LogP contribution in [0.15, 0.2) is 6.20 Å². The molecule has 70 valence electrons. The fourth-order valence-electron chi connectivity index (χ4n) is 0.981. The topological polar surface area (TPSA) is 16.1 Å². The highest BCUT2D eigenvalue weighted by Crippen LogP contribution is 2.30. The fourth-order valence-corrected chi connectivity index (χ4v) is 3.66. The van der Waals surface area contributed by atoms with Crippen molar-refractivity contribution in [2.75, 3.05) is 0 Å². The number of nitrogens with zero attached hydrogens (tertiary/aromatic N) is 2. The Labute approximate surface area is 105 Å². The Bertz CT molecular complexity index is 417. The molecular weight excluding hydrogens is 363 g/mol. The third-order valence-electron chi connectivity index (χ3n) is 1.61. The Hall–Kier alpha value is 0.710. The van der Waals surface area contributed by atoms with Crippen LogP contribution in [0.25, 0.3) is 9.09 Å². The van der Waals surface area contributed by atoms with E-state index in [-0.39, 0.29) is 5.50 Å². The summed E-state index contributed by atoms with van der Waals surface area (Å²) in [5, 5.41) is 0.962. The first kappa shape index (κ1) is 10.2. The molecule has 2 rings (SSSR count). The van der Waals surface area contributed by atoms with Crippen molar-refractivity contribution in [1.82, 2.24) is 8.79 Å². The normalized spacial score (nSPS) is 22.2. The highest BCUT2D eigenvalue weighted by molar-refractivity contribution is 9.15. The monoisotopic (exact) mass is 362 g/mol. The molecule has 0 aromatic carbocycles. The molecule has 0 fully saturated rings. The van der Waals surface area contributed by atoms with E-state index in [2.05, 4.69) is 36.2 Å². The van der Waals surface area contributed by atoms with Crippen molar-refractivity contribution in [3.8, 4) is 0 Å². The Kier molecular flexibility index (Phi) is 2.91. The molecule has 0 amide bonds. The number of alkyl halides is 1. The standard InChI is InChI=1S/C6H2Br2Cl2N2S/c7-3-4-2(1-11-13-4)5(8)12(10)6(3)9/h1,6H. The fraction of sp³-hybridized carbons (Fsp3) is 0.167. The largest absolute Gasteiger partial charge is 0.255 e. The first-order chi connectivity index (χ1) is 6.13. The van der Waals surface area contributed by atoms with E-state index in [1.54, 1.807) is 6.20 Å². The Morgan fingerprint density at radius 3 is 2.92 bits per heavy atom. The molecule has 0 spiro atoms. The zero-order valence-electron chi connectivity index (χ0n) is 5.97. The molecule has 0 bridgehead atoms. The number of rotatable bonds is 0.